The zero-order valence-corrected chi connectivity index (χ0v) is 9.31. The fraction of sp³-hybridized carbons (Fsp3) is 0.875. The summed E-state index contributed by atoms with van der Waals surface area (Å²) in [6, 6.07) is 0. The van der Waals surface area contributed by atoms with Crippen LogP contribution < -0.4 is 5.73 Å². The number of nitrogens with zero attached hydrogens (tertiary/aromatic N) is 1. The zero-order chi connectivity index (χ0) is 12.2. The Morgan fingerprint density at radius 2 is 2.25 bits per heavy atom. The minimum absolute atomic E-state index is 0.183. The summed E-state index contributed by atoms with van der Waals surface area (Å²) in [4.78, 5) is 2.00. The first kappa shape index (κ1) is 13.6. The van der Waals surface area contributed by atoms with Crippen molar-refractivity contribution in [3.63, 3.8) is 0 Å². The fourth-order valence-corrected chi connectivity index (χ4v) is 1.51. The lowest BCUT2D eigenvalue weighted by atomic mass is 10.3. The lowest BCUT2D eigenvalue weighted by Crippen LogP contribution is -2.48. The Morgan fingerprint density at radius 1 is 1.56 bits per heavy atom. The van der Waals surface area contributed by atoms with Crippen molar-refractivity contribution >= 4 is 17.2 Å². The van der Waals surface area contributed by atoms with Gasteiger partial charge < -0.3 is 10.5 Å². The molecule has 2 N–H and O–H groups in total. The minimum Gasteiger partial charge on any atom is -0.391 e. The summed E-state index contributed by atoms with van der Waals surface area (Å²) in [7, 11) is 0. The van der Waals surface area contributed by atoms with Crippen molar-refractivity contribution in [2.75, 3.05) is 32.8 Å². The van der Waals surface area contributed by atoms with E-state index in [-0.39, 0.29) is 17.6 Å². The Bertz CT molecular complexity index is 250. The Labute approximate surface area is 96.5 Å². The van der Waals surface area contributed by atoms with E-state index < -0.39 is 13.0 Å². The molecule has 1 rings (SSSR count). The monoisotopic (exact) mass is 258 g/mol. The third kappa shape index (κ3) is 5.06. The molecule has 0 bridgehead atoms. The molecular formula is C8H13F3N2O2S. The molecule has 1 saturated heterocycles. The van der Waals surface area contributed by atoms with Gasteiger partial charge in [0.2, 0.25) is 0 Å². The second-order valence-electron chi connectivity index (χ2n) is 3.36. The Balaban J connectivity index is 2.24. The van der Waals surface area contributed by atoms with Crippen LogP contribution in [0, 0.1) is 0 Å². The summed E-state index contributed by atoms with van der Waals surface area (Å²) in [5.74, 6) is 0. The number of thiocarbonyl (C=S) groups is 1. The fourth-order valence-electron chi connectivity index (χ4n) is 1.37. The first-order valence-corrected chi connectivity index (χ1v) is 5.13. The maximum atomic E-state index is 11.7. The van der Waals surface area contributed by atoms with Crippen LogP contribution in [0.4, 0.5) is 13.2 Å². The van der Waals surface area contributed by atoms with Gasteiger partial charge in [-0.2, -0.15) is 0 Å². The van der Waals surface area contributed by atoms with Crippen LogP contribution in [-0.2, 0) is 9.47 Å². The Morgan fingerprint density at radius 3 is 2.81 bits per heavy atom. The first-order chi connectivity index (χ1) is 7.38. The van der Waals surface area contributed by atoms with Gasteiger partial charge in [-0.25, -0.2) is 0 Å². The van der Waals surface area contributed by atoms with E-state index in [1.807, 2.05) is 0 Å². The number of morpholine rings is 1. The number of alkyl halides is 3. The lowest BCUT2D eigenvalue weighted by Gasteiger charge is -2.32. The van der Waals surface area contributed by atoms with Gasteiger partial charge in [-0.05, 0) is 0 Å². The van der Waals surface area contributed by atoms with E-state index in [0.717, 1.165) is 0 Å². The van der Waals surface area contributed by atoms with Crippen molar-refractivity contribution in [1.29, 1.82) is 0 Å². The van der Waals surface area contributed by atoms with E-state index in [0.29, 0.717) is 19.7 Å². The van der Waals surface area contributed by atoms with Crippen LogP contribution in [0.1, 0.15) is 0 Å². The van der Waals surface area contributed by atoms with Crippen LogP contribution in [-0.4, -0.2) is 55.2 Å². The SMILES string of the molecule is NC(=S)C1CN(CCOC(F)(F)F)CCO1. The standard InChI is InChI=1S/C8H13F3N2O2S/c9-8(10,11)15-4-2-13-1-3-14-6(5-13)7(12)16/h6H,1-5H2,(H2,12,16). The molecule has 1 unspecified atom stereocenters. The van der Waals surface area contributed by atoms with Gasteiger partial charge in [0, 0.05) is 19.6 Å². The predicted molar refractivity (Wildman–Crippen MR) is 55.0 cm³/mol. The van der Waals surface area contributed by atoms with Gasteiger partial charge in [-0.15, -0.1) is 13.2 Å². The van der Waals surface area contributed by atoms with Crippen molar-refractivity contribution in [2.24, 2.45) is 5.73 Å². The Hall–Kier alpha value is -0.440. The maximum Gasteiger partial charge on any atom is 0.522 e. The van der Waals surface area contributed by atoms with Crippen molar-refractivity contribution in [3.8, 4) is 0 Å². The average Bonchev–Trinajstić information content (AvgIpc) is 2.16. The second-order valence-corrected chi connectivity index (χ2v) is 3.83. The number of ether oxygens (including phenoxy) is 2. The first-order valence-electron chi connectivity index (χ1n) is 4.72. The van der Waals surface area contributed by atoms with Gasteiger partial charge in [0.1, 0.15) is 11.1 Å². The number of nitrogens with two attached hydrogens (primary N) is 1. The molecule has 16 heavy (non-hydrogen) atoms. The molecule has 1 atom stereocenters. The van der Waals surface area contributed by atoms with E-state index in [1.54, 1.807) is 4.90 Å². The van der Waals surface area contributed by atoms with Crippen molar-refractivity contribution in [2.45, 2.75) is 12.5 Å². The summed E-state index contributed by atoms with van der Waals surface area (Å²) in [5.41, 5.74) is 5.40. The van der Waals surface area contributed by atoms with Crippen LogP contribution in [0.25, 0.3) is 0 Å². The summed E-state index contributed by atoms with van der Waals surface area (Å²) in [5, 5.41) is 0. The molecule has 0 aromatic heterocycles. The van der Waals surface area contributed by atoms with E-state index in [1.165, 1.54) is 0 Å². The molecule has 0 aliphatic carbocycles. The molecule has 0 aromatic carbocycles. The van der Waals surface area contributed by atoms with Gasteiger partial charge in [-0.3, -0.25) is 9.64 Å². The van der Waals surface area contributed by atoms with Gasteiger partial charge in [0.15, 0.2) is 0 Å². The molecule has 4 nitrogen and oxygen atoms in total. The normalized spacial score (nSPS) is 23.3. The quantitative estimate of drug-likeness (QED) is 0.745. The highest BCUT2D eigenvalue weighted by Gasteiger charge is 2.29. The molecule has 0 saturated carbocycles. The highest BCUT2D eigenvalue weighted by Crippen LogP contribution is 2.16. The van der Waals surface area contributed by atoms with Crippen LogP contribution in [0.2, 0.25) is 0 Å². The average molecular weight is 258 g/mol. The van der Waals surface area contributed by atoms with E-state index in [9.17, 15) is 13.2 Å². The van der Waals surface area contributed by atoms with Gasteiger partial charge in [0.05, 0.1) is 13.2 Å². The Kier molecular flexibility index (Phi) is 4.90. The van der Waals surface area contributed by atoms with E-state index in [2.05, 4.69) is 4.74 Å². The predicted octanol–water partition coefficient (Wildman–Crippen LogP) is 0.510. The molecule has 8 heteroatoms. The van der Waals surface area contributed by atoms with E-state index >= 15 is 0 Å². The highest BCUT2D eigenvalue weighted by atomic mass is 32.1. The zero-order valence-electron chi connectivity index (χ0n) is 8.50. The molecule has 0 spiro atoms. The number of halogens is 3. The summed E-state index contributed by atoms with van der Waals surface area (Å²) in [6.45, 7) is 1.17. The summed E-state index contributed by atoms with van der Waals surface area (Å²) >= 11 is 4.76. The highest BCUT2D eigenvalue weighted by molar-refractivity contribution is 7.80. The van der Waals surface area contributed by atoms with Crippen LogP contribution in [0.3, 0.4) is 0 Å². The third-order valence-electron chi connectivity index (χ3n) is 2.14. The second kappa shape index (κ2) is 5.76. The van der Waals surface area contributed by atoms with Crippen molar-refractivity contribution in [3.05, 3.63) is 0 Å². The van der Waals surface area contributed by atoms with Crippen LogP contribution >= 0.6 is 12.2 Å². The smallest absolute Gasteiger partial charge is 0.391 e. The molecule has 1 aliphatic heterocycles. The topological polar surface area (TPSA) is 47.7 Å². The third-order valence-corrected chi connectivity index (χ3v) is 2.40. The molecule has 0 radical (unpaired) electrons. The molecule has 1 heterocycles. The molecule has 0 aromatic rings. The van der Waals surface area contributed by atoms with Crippen molar-refractivity contribution in [1.82, 2.24) is 4.90 Å². The van der Waals surface area contributed by atoms with E-state index in [4.69, 9.17) is 22.7 Å². The summed E-state index contributed by atoms with van der Waals surface area (Å²) in [6.07, 6.45) is -4.95. The van der Waals surface area contributed by atoms with Gasteiger partial charge in [0.25, 0.3) is 0 Å². The molecule has 0 amide bonds. The largest absolute Gasteiger partial charge is 0.522 e. The molecule has 94 valence electrons. The maximum absolute atomic E-state index is 11.7. The number of hydrogen-bond acceptors (Lipinski definition) is 4. The minimum atomic E-state index is -4.57. The molecule has 1 fully saturated rings. The van der Waals surface area contributed by atoms with Crippen molar-refractivity contribution < 1.29 is 22.6 Å². The van der Waals surface area contributed by atoms with Crippen LogP contribution in [0.5, 0.6) is 0 Å². The molecule has 1 aliphatic rings. The number of rotatable bonds is 4. The number of hydrogen-bond donors (Lipinski definition) is 1. The summed E-state index contributed by atoms with van der Waals surface area (Å²) < 4.78 is 44.1. The molecular weight excluding hydrogens is 245 g/mol. The van der Waals surface area contributed by atoms with Gasteiger partial charge in [-0.1, -0.05) is 12.2 Å². The lowest BCUT2D eigenvalue weighted by molar-refractivity contribution is -0.325. The van der Waals surface area contributed by atoms with Gasteiger partial charge >= 0.3 is 6.36 Å². The van der Waals surface area contributed by atoms with Crippen LogP contribution in [0.15, 0.2) is 0 Å².